The Morgan fingerprint density at radius 2 is 2.00 bits per heavy atom. The average molecular weight is 224 g/mol. The Morgan fingerprint density at radius 1 is 1.18 bits per heavy atom. The van der Waals surface area contributed by atoms with Gasteiger partial charge < -0.3 is 0 Å². The van der Waals surface area contributed by atoms with Gasteiger partial charge in [-0.15, -0.1) is 0 Å². The summed E-state index contributed by atoms with van der Waals surface area (Å²) in [6.45, 7) is 0. The van der Waals surface area contributed by atoms with E-state index in [1.54, 1.807) is 29.1 Å². The van der Waals surface area contributed by atoms with Crippen LogP contribution < -0.4 is 0 Å². The molecule has 0 aliphatic rings. The van der Waals surface area contributed by atoms with E-state index in [-0.39, 0.29) is 0 Å². The summed E-state index contributed by atoms with van der Waals surface area (Å²) in [4.78, 5) is 23.3. The molecule has 0 atom stereocenters. The van der Waals surface area contributed by atoms with Crippen molar-refractivity contribution >= 4 is 11.9 Å². The summed E-state index contributed by atoms with van der Waals surface area (Å²) in [6.07, 6.45) is 7.56. The summed E-state index contributed by atoms with van der Waals surface area (Å²) >= 11 is 0. The van der Waals surface area contributed by atoms with Crippen molar-refractivity contribution in [3.8, 4) is 11.4 Å². The first-order chi connectivity index (χ1) is 8.40. The van der Waals surface area contributed by atoms with Crippen LogP contribution in [0.25, 0.3) is 17.0 Å². The van der Waals surface area contributed by atoms with Gasteiger partial charge in [0.2, 0.25) is 0 Å². The van der Waals surface area contributed by atoms with Crippen LogP contribution in [-0.4, -0.2) is 25.6 Å². The molecule has 0 aliphatic heterocycles. The Bertz CT molecular complexity index is 675. The molecule has 0 aliphatic carbocycles. The zero-order valence-corrected chi connectivity index (χ0v) is 8.82. The minimum absolute atomic E-state index is 0.345. The monoisotopic (exact) mass is 224 g/mol. The van der Waals surface area contributed by atoms with E-state index in [4.69, 9.17) is 0 Å². The van der Waals surface area contributed by atoms with Crippen LogP contribution in [0.4, 0.5) is 0 Å². The molecule has 0 saturated heterocycles. The molecule has 3 aromatic heterocycles. The molecule has 3 rings (SSSR count). The Labute approximate surface area is 96.8 Å². The molecule has 17 heavy (non-hydrogen) atoms. The fraction of sp³-hybridized carbons (Fsp3) is 0. The highest BCUT2D eigenvalue weighted by atomic mass is 16.1. The van der Waals surface area contributed by atoms with Crippen molar-refractivity contribution in [2.75, 3.05) is 0 Å². The van der Waals surface area contributed by atoms with Crippen LogP contribution in [0.1, 0.15) is 10.5 Å². The van der Waals surface area contributed by atoms with Gasteiger partial charge >= 0.3 is 0 Å². The highest BCUT2D eigenvalue weighted by Gasteiger charge is 2.12. The van der Waals surface area contributed by atoms with E-state index in [9.17, 15) is 4.79 Å². The van der Waals surface area contributed by atoms with Gasteiger partial charge in [0.15, 0.2) is 11.9 Å². The molecule has 3 aromatic rings. The van der Waals surface area contributed by atoms with Gasteiger partial charge in [-0.05, 0) is 18.2 Å². The third-order valence-corrected chi connectivity index (χ3v) is 2.48. The Balaban J connectivity index is 2.34. The second-order valence-corrected chi connectivity index (χ2v) is 3.49. The third-order valence-electron chi connectivity index (χ3n) is 2.48. The molecule has 0 amide bonds. The number of hydrogen-bond acceptors (Lipinski definition) is 4. The standard InChI is InChI=1S/C12H8N4O/c17-8-10-12-14-4-1-7-16(12)11(15-10)9-2-5-13-6-3-9/h1-8H. The van der Waals surface area contributed by atoms with Crippen molar-refractivity contribution in [3.63, 3.8) is 0 Å². The van der Waals surface area contributed by atoms with E-state index in [0.717, 1.165) is 5.56 Å². The second kappa shape index (κ2) is 3.79. The molecular formula is C12H8N4O. The minimum atomic E-state index is 0.345. The maximum absolute atomic E-state index is 10.9. The first-order valence-corrected chi connectivity index (χ1v) is 5.09. The molecular weight excluding hydrogens is 216 g/mol. The third kappa shape index (κ3) is 1.48. The predicted molar refractivity (Wildman–Crippen MR) is 61.6 cm³/mol. The number of pyridine rings is 1. The number of aldehydes is 1. The van der Waals surface area contributed by atoms with Gasteiger partial charge in [0, 0.05) is 30.4 Å². The molecule has 5 nitrogen and oxygen atoms in total. The predicted octanol–water partition coefficient (Wildman–Crippen LogP) is 1.60. The quantitative estimate of drug-likeness (QED) is 0.620. The number of fused-ring (bicyclic) bond motifs is 1. The molecule has 82 valence electrons. The highest BCUT2D eigenvalue weighted by Crippen LogP contribution is 2.19. The SMILES string of the molecule is O=Cc1nc(-c2ccncc2)n2cccnc12. The lowest BCUT2D eigenvalue weighted by Gasteiger charge is -1.98. The van der Waals surface area contributed by atoms with E-state index in [1.807, 2.05) is 18.3 Å². The molecule has 5 heteroatoms. The summed E-state index contributed by atoms with van der Waals surface area (Å²) in [5, 5.41) is 0. The van der Waals surface area contributed by atoms with Crippen molar-refractivity contribution in [3.05, 3.63) is 48.7 Å². The van der Waals surface area contributed by atoms with Crippen LogP contribution in [0.5, 0.6) is 0 Å². The molecule has 3 heterocycles. The molecule has 0 unspecified atom stereocenters. The van der Waals surface area contributed by atoms with Crippen molar-refractivity contribution in [2.24, 2.45) is 0 Å². The molecule has 0 N–H and O–H groups in total. The fourth-order valence-corrected chi connectivity index (χ4v) is 1.73. The fourth-order valence-electron chi connectivity index (χ4n) is 1.73. The van der Waals surface area contributed by atoms with Crippen molar-refractivity contribution in [2.45, 2.75) is 0 Å². The smallest absolute Gasteiger partial charge is 0.172 e. The summed E-state index contributed by atoms with van der Waals surface area (Å²) in [5.74, 6) is 0.692. The van der Waals surface area contributed by atoms with Crippen molar-refractivity contribution < 1.29 is 4.79 Å². The topological polar surface area (TPSA) is 60.2 Å². The van der Waals surface area contributed by atoms with E-state index in [2.05, 4.69) is 15.0 Å². The molecule has 0 spiro atoms. The Morgan fingerprint density at radius 3 is 2.76 bits per heavy atom. The van der Waals surface area contributed by atoms with Gasteiger partial charge in [0.1, 0.15) is 11.5 Å². The first-order valence-electron chi connectivity index (χ1n) is 5.09. The number of nitrogens with zero attached hydrogens (tertiary/aromatic N) is 4. The number of imidazole rings is 1. The van der Waals surface area contributed by atoms with Crippen LogP contribution in [0.3, 0.4) is 0 Å². The van der Waals surface area contributed by atoms with E-state index >= 15 is 0 Å². The van der Waals surface area contributed by atoms with Crippen LogP contribution in [0.2, 0.25) is 0 Å². The lowest BCUT2D eigenvalue weighted by Crippen LogP contribution is -1.90. The lowest BCUT2D eigenvalue weighted by molar-refractivity contribution is 0.112. The summed E-state index contributed by atoms with van der Waals surface area (Å²) in [6, 6.07) is 5.49. The Hall–Kier alpha value is -2.56. The van der Waals surface area contributed by atoms with Gasteiger partial charge in [-0.25, -0.2) is 9.97 Å². The van der Waals surface area contributed by atoms with E-state index < -0.39 is 0 Å². The second-order valence-electron chi connectivity index (χ2n) is 3.49. The lowest BCUT2D eigenvalue weighted by atomic mass is 10.2. The normalized spacial score (nSPS) is 10.6. The maximum Gasteiger partial charge on any atom is 0.172 e. The number of hydrogen-bond donors (Lipinski definition) is 0. The molecule has 0 aromatic carbocycles. The highest BCUT2D eigenvalue weighted by molar-refractivity contribution is 5.83. The van der Waals surface area contributed by atoms with E-state index in [0.29, 0.717) is 23.5 Å². The molecule has 0 fully saturated rings. The van der Waals surface area contributed by atoms with Crippen LogP contribution in [0.15, 0.2) is 43.0 Å². The zero-order chi connectivity index (χ0) is 11.7. The number of carbonyl (C=O) groups is 1. The van der Waals surface area contributed by atoms with Gasteiger partial charge in [0.05, 0.1) is 0 Å². The van der Waals surface area contributed by atoms with Gasteiger partial charge in [-0.2, -0.15) is 0 Å². The zero-order valence-electron chi connectivity index (χ0n) is 8.82. The summed E-state index contributed by atoms with van der Waals surface area (Å²) < 4.78 is 1.79. The molecule has 0 bridgehead atoms. The largest absolute Gasteiger partial charge is 0.296 e. The van der Waals surface area contributed by atoms with Gasteiger partial charge in [-0.3, -0.25) is 14.2 Å². The van der Waals surface area contributed by atoms with Gasteiger partial charge in [0.25, 0.3) is 0 Å². The van der Waals surface area contributed by atoms with Crippen molar-refractivity contribution in [1.29, 1.82) is 0 Å². The number of aromatic nitrogens is 4. The number of carbonyl (C=O) groups excluding carboxylic acids is 1. The van der Waals surface area contributed by atoms with Crippen molar-refractivity contribution in [1.82, 2.24) is 19.4 Å². The van der Waals surface area contributed by atoms with Gasteiger partial charge in [-0.1, -0.05) is 0 Å². The van der Waals surface area contributed by atoms with Crippen LogP contribution in [-0.2, 0) is 0 Å². The number of rotatable bonds is 2. The van der Waals surface area contributed by atoms with Crippen LogP contribution in [0, 0.1) is 0 Å². The molecule has 0 radical (unpaired) electrons. The minimum Gasteiger partial charge on any atom is -0.296 e. The van der Waals surface area contributed by atoms with Crippen LogP contribution >= 0.6 is 0 Å². The average Bonchev–Trinajstić information content (AvgIpc) is 2.78. The summed E-state index contributed by atoms with van der Waals surface area (Å²) in [7, 11) is 0. The molecule has 0 saturated carbocycles. The van der Waals surface area contributed by atoms with E-state index in [1.165, 1.54) is 0 Å². The first kappa shape index (κ1) is 9.65. The maximum atomic E-state index is 10.9. The Kier molecular flexibility index (Phi) is 2.15. The summed E-state index contributed by atoms with van der Waals surface area (Å²) in [5.41, 5.74) is 1.81.